The van der Waals surface area contributed by atoms with Gasteiger partial charge in [-0.1, -0.05) is 18.2 Å². The number of nitrogen functional groups attached to an aromatic ring is 1. The summed E-state index contributed by atoms with van der Waals surface area (Å²) in [6, 6.07) is 16.4. The molecular weight excluding hydrogens is 348 g/mol. The first kappa shape index (κ1) is 18.3. The fraction of sp³-hybridized carbons (Fsp3) is 0.273. The lowest BCUT2D eigenvalue weighted by atomic mass is 10.0. The third kappa shape index (κ3) is 4.07. The number of para-hydroxylation sites is 2. The van der Waals surface area contributed by atoms with Crippen LogP contribution < -0.4 is 21.7 Å². The predicted molar refractivity (Wildman–Crippen MR) is 116 cm³/mol. The number of hydrogen-bond acceptors (Lipinski definition) is 6. The quantitative estimate of drug-likeness (QED) is 0.595. The number of anilines is 2. The van der Waals surface area contributed by atoms with E-state index < -0.39 is 0 Å². The first-order valence-corrected chi connectivity index (χ1v) is 9.71. The van der Waals surface area contributed by atoms with Gasteiger partial charge in [0.25, 0.3) is 0 Å². The van der Waals surface area contributed by atoms with Gasteiger partial charge in [-0.05, 0) is 43.2 Å². The van der Waals surface area contributed by atoms with Crippen molar-refractivity contribution in [2.24, 2.45) is 5.73 Å². The summed E-state index contributed by atoms with van der Waals surface area (Å²) in [4.78, 5) is 11.6. The summed E-state index contributed by atoms with van der Waals surface area (Å²) < 4.78 is 0. The van der Waals surface area contributed by atoms with Crippen molar-refractivity contribution in [3.8, 4) is 0 Å². The smallest absolute Gasteiger partial charge is 0.0894 e. The number of nitrogens with two attached hydrogens (primary N) is 2. The van der Waals surface area contributed by atoms with E-state index in [2.05, 4.69) is 21.3 Å². The van der Waals surface area contributed by atoms with Crippen LogP contribution in [0.5, 0.6) is 0 Å². The molecule has 1 aliphatic heterocycles. The Balaban J connectivity index is 1.40. The topological polar surface area (TPSA) is 93.1 Å². The molecule has 0 aliphatic carbocycles. The molecular formula is C22H26N6. The summed E-state index contributed by atoms with van der Waals surface area (Å²) in [5, 5.41) is 3.54. The number of fused-ring (bicyclic) bond motifs is 1. The zero-order chi connectivity index (χ0) is 19.3. The summed E-state index contributed by atoms with van der Waals surface area (Å²) in [5.74, 6) is 0. The van der Waals surface area contributed by atoms with Crippen LogP contribution in [0.2, 0.25) is 0 Å². The highest BCUT2D eigenvalue weighted by atomic mass is 15.1. The van der Waals surface area contributed by atoms with E-state index in [1.165, 1.54) is 5.69 Å². The number of piperidine rings is 1. The van der Waals surface area contributed by atoms with Crippen LogP contribution >= 0.6 is 0 Å². The van der Waals surface area contributed by atoms with Crippen molar-refractivity contribution >= 4 is 28.0 Å². The van der Waals surface area contributed by atoms with E-state index in [0.29, 0.717) is 12.6 Å². The van der Waals surface area contributed by atoms with Gasteiger partial charge in [0.1, 0.15) is 0 Å². The molecule has 5 N–H and O–H groups in total. The molecule has 3 aromatic rings. The van der Waals surface area contributed by atoms with E-state index in [1.807, 2.05) is 48.7 Å². The number of nitrogens with zero attached hydrogens (tertiary/aromatic N) is 3. The Morgan fingerprint density at radius 1 is 1.11 bits per heavy atom. The molecule has 0 atom stereocenters. The summed E-state index contributed by atoms with van der Waals surface area (Å²) in [6.45, 7) is 2.42. The molecule has 4 rings (SSSR count). The molecule has 0 saturated carbocycles. The molecule has 0 unspecified atom stereocenters. The molecule has 0 bridgehead atoms. The van der Waals surface area contributed by atoms with Crippen molar-refractivity contribution in [1.29, 1.82) is 0 Å². The first-order chi connectivity index (χ1) is 13.7. The van der Waals surface area contributed by atoms with Gasteiger partial charge >= 0.3 is 0 Å². The monoisotopic (exact) mass is 374 g/mol. The van der Waals surface area contributed by atoms with Crippen LogP contribution in [0.1, 0.15) is 18.5 Å². The van der Waals surface area contributed by atoms with Gasteiger partial charge in [0.2, 0.25) is 0 Å². The van der Waals surface area contributed by atoms with E-state index in [-0.39, 0.29) is 0 Å². The predicted octanol–water partition coefficient (Wildman–Crippen LogP) is 2.77. The Hall–Kier alpha value is -3.12. The van der Waals surface area contributed by atoms with Crippen LogP contribution in [0, 0.1) is 0 Å². The van der Waals surface area contributed by atoms with Crippen LogP contribution in [0.3, 0.4) is 0 Å². The molecule has 6 nitrogen and oxygen atoms in total. The summed E-state index contributed by atoms with van der Waals surface area (Å²) in [7, 11) is 0. The molecule has 2 aromatic carbocycles. The largest absolute Gasteiger partial charge is 0.399 e. The Morgan fingerprint density at radius 3 is 2.64 bits per heavy atom. The summed E-state index contributed by atoms with van der Waals surface area (Å²) in [6.07, 6.45) is 5.93. The normalized spacial score (nSPS) is 15.8. The highest BCUT2D eigenvalue weighted by Crippen LogP contribution is 2.22. The minimum atomic E-state index is 0.419. The highest BCUT2D eigenvalue weighted by molar-refractivity contribution is 5.76. The lowest BCUT2D eigenvalue weighted by Crippen LogP contribution is -2.41. The van der Waals surface area contributed by atoms with Crippen molar-refractivity contribution in [3.05, 3.63) is 66.6 Å². The number of aromatic nitrogens is 2. The van der Waals surface area contributed by atoms with E-state index in [0.717, 1.165) is 53.9 Å². The minimum Gasteiger partial charge on any atom is -0.399 e. The molecule has 2 heterocycles. The SMILES string of the molecule is NC/C(=C\NC1CCN(c2cccc(N)c2)CC1)c1cnc2ccccc2n1. The van der Waals surface area contributed by atoms with E-state index in [1.54, 1.807) is 6.20 Å². The van der Waals surface area contributed by atoms with Crippen LogP contribution in [0.4, 0.5) is 11.4 Å². The number of benzene rings is 2. The third-order valence-corrected chi connectivity index (χ3v) is 5.22. The van der Waals surface area contributed by atoms with Gasteiger partial charge in [0.05, 0.1) is 22.9 Å². The van der Waals surface area contributed by atoms with Crippen LogP contribution in [0.15, 0.2) is 60.9 Å². The molecule has 1 aromatic heterocycles. The Bertz CT molecular complexity index is 975. The van der Waals surface area contributed by atoms with Crippen molar-refractivity contribution in [1.82, 2.24) is 15.3 Å². The maximum absolute atomic E-state index is 5.98. The van der Waals surface area contributed by atoms with E-state index in [9.17, 15) is 0 Å². The molecule has 1 fully saturated rings. The van der Waals surface area contributed by atoms with Gasteiger partial charge in [-0.2, -0.15) is 0 Å². The second-order valence-corrected chi connectivity index (χ2v) is 7.14. The van der Waals surface area contributed by atoms with Crippen molar-refractivity contribution in [2.75, 3.05) is 30.3 Å². The van der Waals surface area contributed by atoms with Crippen molar-refractivity contribution in [3.63, 3.8) is 0 Å². The molecule has 0 spiro atoms. The fourth-order valence-corrected chi connectivity index (χ4v) is 3.59. The van der Waals surface area contributed by atoms with Crippen molar-refractivity contribution in [2.45, 2.75) is 18.9 Å². The molecule has 0 radical (unpaired) electrons. The standard InChI is InChI=1S/C22H26N6/c23-13-16(22-15-26-20-6-1-2-7-21(20)27-22)14-25-18-8-10-28(11-9-18)19-5-3-4-17(24)12-19/h1-7,12,14-15,18,25H,8-11,13,23-24H2/b16-14+. The zero-order valence-corrected chi connectivity index (χ0v) is 15.9. The molecule has 1 aliphatic rings. The molecule has 6 heteroatoms. The van der Waals surface area contributed by atoms with Gasteiger partial charge in [-0.15, -0.1) is 0 Å². The second kappa shape index (κ2) is 8.27. The molecule has 28 heavy (non-hydrogen) atoms. The molecule has 1 saturated heterocycles. The van der Waals surface area contributed by atoms with E-state index in [4.69, 9.17) is 16.5 Å². The Labute approximate surface area is 165 Å². The third-order valence-electron chi connectivity index (χ3n) is 5.22. The van der Waals surface area contributed by atoms with Gasteiger partial charge in [0, 0.05) is 48.8 Å². The average molecular weight is 374 g/mol. The lowest BCUT2D eigenvalue weighted by Gasteiger charge is -2.34. The van der Waals surface area contributed by atoms with Crippen LogP contribution in [0.25, 0.3) is 16.6 Å². The second-order valence-electron chi connectivity index (χ2n) is 7.14. The zero-order valence-electron chi connectivity index (χ0n) is 15.9. The molecule has 144 valence electrons. The van der Waals surface area contributed by atoms with Crippen LogP contribution in [-0.2, 0) is 0 Å². The number of hydrogen-bond donors (Lipinski definition) is 3. The summed E-state index contributed by atoms with van der Waals surface area (Å²) in [5.41, 5.74) is 17.5. The number of rotatable bonds is 5. The van der Waals surface area contributed by atoms with E-state index >= 15 is 0 Å². The van der Waals surface area contributed by atoms with Gasteiger partial charge in [-0.25, -0.2) is 4.98 Å². The fourth-order valence-electron chi connectivity index (χ4n) is 3.59. The summed E-state index contributed by atoms with van der Waals surface area (Å²) >= 11 is 0. The maximum atomic E-state index is 5.98. The first-order valence-electron chi connectivity index (χ1n) is 9.71. The minimum absolute atomic E-state index is 0.419. The Morgan fingerprint density at radius 2 is 1.89 bits per heavy atom. The van der Waals surface area contributed by atoms with Gasteiger partial charge < -0.3 is 21.7 Å². The Kier molecular flexibility index (Phi) is 5.39. The average Bonchev–Trinajstić information content (AvgIpc) is 2.74. The maximum Gasteiger partial charge on any atom is 0.0894 e. The lowest BCUT2D eigenvalue weighted by molar-refractivity contribution is 0.455. The molecule has 0 amide bonds. The highest BCUT2D eigenvalue weighted by Gasteiger charge is 2.18. The van der Waals surface area contributed by atoms with Gasteiger partial charge in [0.15, 0.2) is 0 Å². The van der Waals surface area contributed by atoms with Crippen molar-refractivity contribution < 1.29 is 0 Å². The van der Waals surface area contributed by atoms with Crippen LogP contribution in [-0.4, -0.2) is 35.6 Å². The van der Waals surface area contributed by atoms with Gasteiger partial charge in [-0.3, -0.25) is 4.98 Å². The number of nitrogens with one attached hydrogen (secondary N) is 1.